The van der Waals surface area contributed by atoms with E-state index in [0.717, 1.165) is 0 Å². The minimum absolute atomic E-state index is 0.353. The maximum Gasteiger partial charge on any atom is 0.492 e. The molecule has 0 bridgehead atoms. The average Bonchev–Trinajstić information content (AvgIpc) is 2.41. The van der Waals surface area contributed by atoms with Gasteiger partial charge < -0.3 is 14.8 Å². The lowest BCUT2D eigenvalue weighted by atomic mass is 9.79. The quantitative estimate of drug-likeness (QED) is 0.488. The van der Waals surface area contributed by atoms with Crippen LogP contribution < -0.4 is 10.2 Å². The lowest BCUT2D eigenvalue weighted by Crippen LogP contribution is -2.31. The Hall–Kier alpha value is -1.52. The molecule has 1 aromatic rings. The lowest BCUT2D eigenvalue weighted by Gasteiger charge is -2.10. The molecule has 18 heavy (non-hydrogen) atoms. The first kappa shape index (κ1) is 16.5. The predicted octanol–water partition coefficient (Wildman–Crippen LogP) is 2.25. The highest BCUT2D eigenvalue weighted by Gasteiger charge is 2.16. The molecule has 0 aliphatic heterocycles. The second-order valence-electron chi connectivity index (χ2n) is 3.20. The Morgan fingerprint density at radius 2 is 1.78 bits per heavy atom. The van der Waals surface area contributed by atoms with Gasteiger partial charge in [0.15, 0.2) is 0 Å². The second-order valence-corrected chi connectivity index (χ2v) is 3.20. The van der Waals surface area contributed by atoms with Crippen LogP contribution in [0, 0.1) is 0 Å². The van der Waals surface area contributed by atoms with E-state index < -0.39 is 7.12 Å². The van der Waals surface area contributed by atoms with Gasteiger partial charge in [0, 0.05) is 5.46 Å². The van der Waals surface area contributed by atoms with Crippen molar-refractivity contribution in [3.8, 4) is 5.75 Å². The van der Waals surface area contributed by atoms with E-state index >= 15 is 0 Å². The minimum Gasteiger partial charge on any atom is -0.458 e. The van der Waals surface area contributed by atoms with Crippen molar-refractivity contribution in [3.05, 3.63) is 48.3 Å². The monoisotopic (exact) mass is 248 g/mol. The molecule has 0 spiro atoms. The molecule has 0 amide bonds. The van der Waals surface area contributed by atoms with Gasteiger partial charge in [-0.2, -0.15) is 0 Å². The summed E-state index contributed by atoms with van der Waals surface area (Å²) in [5, 5.41) is 18.3. The van der Waals surface area contributed by atoms with E-state index in [4.69, 9.17) is 14.8 Å². The molecular weight excluding hydrogens is 227 g/mol. The van der Waals surface area contributed by atoms with Crippen molar-refractivity contribution in [3.63, 3.8) is 0 Å². The van der Waals surface area contributed by atoms with Crippen molar-refractivity contribution < 1.29 is 14.8 Å². The summed E-state index contributed by atoms with van der Waals surface area (Å²) >= 11 is 0. The van der Waals surface area contributed by atoms with Crippen LogP contribution in [0.3, 0.4) is 0 Å². The molecule has 0 aromatic heterocycles. The van der Waals surface area contributed by atoms with E-state index in [1.165, 1.54) is 0 Å². The van der Waals surface area contributed by atoms with Crippen LogP contribution in [-0.2, 0) is 0 Å². The number of hydrogen-bond acceptors (Lipinski definition) is 3. The SMILES string of the molecule is C/C=C\C(=C/C)Oc1ccccc1B(O)O.CC. The molecule has 0 heterocycles. The van der Waals surface area contributed by atoms with E-state index in [1.54, 1.807) is 36.4 Å². The maximum absolute atomic E-state index is 9.16. The summed E-state index contributed by atoms with van der Waals surface area (Å²) in [4.78, 5) is 0. The van der Waals surface area contributed by atoms with Crippen molar-refractivity contribution in [1.82, 2.24) is 0 Å². The smallest absolute Gasteiger partial charge is 0.458 e. The summed E-state index contributed by atoms with van der Waals surface area (Å²) in [6.07, 6.45) is 5.47. The molecule has 2 N–H and O–H groups in total. The van der Waals surface area contributed by atoms with Crippen LogP contribution in [0.15, 0.2) is 48.3 Å². The largest absolute Gasteiger partial charge is 0.492 e. The standard InChI is InChI=1S/C12H15BO3.C2H6/c1-3-7-10(4-2)16-12-9-6-5-8-11(12)13(14)15;1-2/h3-9,14-15H,1-2H3;1-2H3/b7-3-,10-4+;. The Morgan fingerprint density at radius 1 is 1.17 bits per heavy atom. The fraction of sp³-hybridized carbons (Fsp3) is 0.286. The van der Waals surface area contributed by atoms with Gasteiger partial charge in [0.2, 0.25) is 0 Å². The van der Waals surface area contributed by atoms with Gasteiger partial charge >= 0.3 is 7.12 Å². The molecule has 98 valence electrons. The van der Waals surface area contributed by atoms with Crippen molar-refractivity contribution in [2.75, 3.05) is 0 Å². The van der Waals surface area contributed by atoms with E-state index in [9.17, 15) is 0 Å². The fourth-order valence-corrected chi connectivity index (χ4v) is 1.27. The van der Waals surface area contributed by atoms with Gasteiger partial charge in [-0.25, -0.2) is 0 Å². The zero-order valence-corrected chi connectivity index (χ0v) is 11.4. The van der Waals surface area contributed by atoms with E-state index in [1.807, 2.05) is 33.8 Å². The first-order valence-corrected chi connectivity index (χ1v) is 6.11. The lowest BCUT2D eigenvalue weighted by molar-refractivity contribution is 0.415. The predicted molar refractivity (Wildman–Crippen MR) is 76.8 cm³/mol. The van der Waals surface area contributed by atoms with Gasteiger partial charge in [0.1, 0.15) is 11.5 Å². The van der Waals surface area contributed by atoms with Crippen LogP contribution >= 0.6 is 0 Å². The topological polar surface area (TPSA) is 49.7 Å². The van der Waals surface area contributed by atoms with Crippen LogP contribution in [0.2, 0.25) is 0 Å². The van der Waals surface area contributed by atoms with Gasteiger partial charge in [-0.15, -0.1) is 0 Å². The summed E-state index contributed by atoms with van der Waals surface area (Å²) in [5.41, 5.74) is 0.353. The third-order valence-corrected chi connectivity index (χ3v) is 2.04. The molecule has 0 saturated carbocycles. The number of benzene rings is 1. The minimum atomic E-state index is -1.53. The van der Waals surface area contributed by atoms with Gasteiger partial charge in [0.25, 0.3) is 0 Å². The van der Waals surface area contributed by atoms with Gasteiger partial charge in [-0.05, 0) is 32.1 Å². The number of rotatable bonds is 4. The molecule has 0 radical (unpaired) electrons. The molecule has 0 aliphatic rings. The normalized spacial score (nSPS) is 10.9. The molecular formula is C14H21BO3. The molecule has 0 atom stereocenters. The van der Waals surface area contributed by atoms with Crippen molar-refractivity contribution in [1.29, 1.82) is 0 Å². The van der Waals surface area contributed by atoms with Crippen LogP contribution in [0.25, 0.3) is 0 Å². The summed E-state index contributed by atoms with van der Waals surface area (Å²) in [5.74, 6) is 1.11. The van der Waals surface area contributed by atoms with Crippen LogP contribution in [-0.4, -0.2) is 17.2 Å². The van der Waals surface area contributed by atoms with E-state index in [0.29, 0.717) is 17.0 Å². The van der Waals surface area contributed by atoms with Crippen LogP contribution in [0.1, 0.15) is 27.7 Å². The third kappa shape index (κ3) is 5.21. The molecule has 0 aliphatic carbocycles. The second kappa shape index (κ2) is 9.51. The summed E-state index contributed by atoms with van der Waals surface area (Å²) < 4.78 is 5.55. The Bertz CT molecular complexity index is 398. The highest BCUT2D eigenvalue weighted by Crippen LogP contribution is 2.12. The van der Waals surface area contributed by atoms with E-state index in [2.05, 4.69) is 0 Å². The van der Waals surface area contributed by atoms with Gasteiger partial charge in [-0.3, -0.25) is 0 Å². The average molecular weight is 248 g/mol. The molecule has 1 rings (SSSR count). The third-order valence-electron chi connectivity index (χ3n) is 2.04. The number of allylic oxidation sites excluding steroid dienone is 3. The van der Waals surface area contributed by atoms with Crippen molar-refractivity contribution in [2.45, 2.75) is 27.7 Å². The molecule has 0 saturated heterocycles. The summed E-state index contributed by atoms with van der Waals surface area (Å²) in [6, 6.07) is 6.82. The number of ether oxygens (including phenoxy) is 1. The molecule has 3 nitrogen and oxygen atoms in total. The fourth-order valence-electron chi connectivity index (χ4n) is 1.27. The van der Waals surface area contributed by atoms with Crippen LogP contribution in [0.5, 0.6) is 5.75 Å². The highest BCUT2D eigenvalue weighted by atomic mass is 16.5. The van der Waals surface area contributed by atoms with Gasteiger partial charge in [-0.1, -0.05) is 38.1 Å². The van der Waals surface area contributed by atoms with E-state index in [-0.39, 0.29) is 0 Å². The maximum atomic E-state index is 9.16. The molecule has 1 aromatic carbocycles. The number of para-hydroxylation sites is 1. The van der Waals surface area contributed by atoms with Gasteiger partial charge in [0.05, 0.1) is 0 Å². The zero-order valence-electron chi connectivity index (χ0n) is 11.4. The molecule has 4 heteroatoms. The van der Waals surface area contributed by atoms with Crippen LogP contribution in [0.4, 0.5) is 0 Å². The molecule has 0 unspecified atom stereocenters. The Kier molecular flexibility index (Phi) is 8.71. The zero-order chi connectivity index (χ0) is 14.0. The summed E-state index contributed by atoms with van der Waals surface area (Å²) in [6.45, 7) is 7.74. The summed E-state index contributed by atoms with van der Waals surface area (Å²) in [7, 11) is -1.53. The van der Waals surface area contributed by atoms with Crippen molar-refractivity contribution in [2.24, 2.45) is 0 Å². The Morgan fingerprint density at radius 3 is 2.28 bits per heavy atom. The Labute approximate surface area is 110 Å². The number of hydrogen-bond donors (Lipinski definition) is 2. The molecule has 0 fully saturated rings. The Balaban J connectivity index is 0.00000137. The first-order valence-electron chi connectivity index (χ1n) is 6.11. The first-order chi connectivity index (χ1) is 8.69. The highest BCUT2D eigenvalue weighted by molar-refractivity contribution is 6.59. The van der Waals surface area contributed by atoms with Crippen molar-refractivity contribution >= 4 is 12.6 Å².